The van der Waals surface area contributed by atoms with E-state index in [9.17, 15) is 18.3 Å². The molecule has 0 aliphatic heterocycles. The molecule has 0 unspecified atom stereocenters. The normalized spacial score (nSPS) is 18.8. The number of benzene rings is 1. The van der Waals surface area contributed by atoms with Gasteiger partial charge in [0.15, 0.2) is 0 Å². The van der Waals surface area contributed by atoms with Gasteiger partial charge in [-0.2, -0.15) is 0 Å². The highest BCUT2D eigenvalue weighted by Crippen LogP contribution is 2.56. The first-order valence-corrected chi connectivity index (χ1v) is 12.9. The van der Waals surface area contributed by atoms with Crippen LogP contribution in [0.4, 0.5) is 5.69 Å². The number of hydrogen-bond donors (Lipinski definition) is 3. The van der Waals surface area contributed by atoms with E-state index in [0.717, 1.165) is 42.3 Å². The third-order valence-electron chi connectivity index (χ3n) is 7.07. The van der Waals surface area contributed by atoms with Crippen LogP contribution >= 0.6 is 0 Å². The van der Waals surface area contributed by atoms with E-state index in [0.29, 0.717) is 17.8 Å². The molecule has 7 nitrogen and oxygen atoms in total. The maximum Gasteiger partial charge on any atom is 0.272 e. The number of rotatable bonds is 7. The fraction of sp³-hybridized carbons (Fsp3) is 0.542. The molecule has 3 aliphatic rings. The van der Waals surface area contributed by atoms with Gasteiger partial charge in [0.05, 0.1) is 11.9 Å². The first-order chi connectivity index (χ1) is 15.1. The van der Waals surface area contributed by atoms with Gasteiger partial charge in [-0.3, -0.25) is 4.79 Å². The molecule has 1 heterocycles. The predicted octanol–water partition coefficient (Wildman–Crippen LogP) is 3.80. The second kappa shape index (κ2) is 7.43. The van der Waals surface area contributed by atoms with Crippen molar-refractivity contribution in [1.29, 1.82) is 0 Å². The van der Waals surface area contributed by atoms with Crippen LogP contribution in [0.2, 0.25) is 0 Å². The van der Waals surface area contributed by atoms with Crippen molar-refractivity contribution in [3.8, 4) is 0 Å². The second-order valence-corrected chi connectivity index (χ2v) is 11.6. The first kappa shape index (κ1) is 21.7. The summed E-state index contributed by atoms with van der Waals surface area (Å²) in [6.07, 6.45) is 8.84. The summed E-state index contributed by atoms with van der Waals surface area (Å²) >= 11 is 0. The molecule has 172 valence electrons. The van der Waals surface area contributed by atoms with E-state index in [-0.39, 0.29) is 11.1 Å². The summed E-state index contributed by atoms with van der Waals surface area (Å²) in [4.78, 5) is 13.6. The number of primary sulfonamides is 1. The number of carbonyl (C=O) groups is 1. The summed E-state index contributed by atoms with van der Waals surface area (Å²) in [5.74, 6) is 1.11. The second-order valence-electron chi connectivity index (χ2n) is 10.1. The van der Waals surface area contributed by atoms with Gasteiger partial charge >= 0.3 is 0 Å². The molecule has 1 aromatic heterocycles. The Kier molecular flexibility index (Phi) is 5.03. The Labute approximate surface area is 188 Å². The molecule has 5 rings (SSSR count). The van der Waals surface area contributed by atoms with Gasteiger partial charge in [0, 0.05) is 11.3 Å². The lowest BCUT2D eigenvalue weighted by Crippen LogP contribution is -2.25. The molecule has 0 radical (unpaired) electrons. The Morgan fingerprint density at radius 1 is 1.19 bits per heavy atom. The van der Waals surface area contributed by atoms with Crippen molar-refractivity contribution >= 4 is 21.6 Å². The van der Waals surface area contributed by atoms with Gasteiger partial charge in [0.25, 0.3) is 15.9 Å². The molecule has 32 heavy (non-hydrogen) atoms. The number of aliphatic hydroxyl groups is 1. The van der Waals surface area contributed by atoms with E-state index in [1.807, 2.05) is 0 Å². The zero-order chi connectivity index (χ0) is 22.8. The van der Waals surface area contributed by atoms with Crippen LogP contribution in [0.3, 0.4) is 0 Å². The minimum absolute atomic E-state index is 0.0917. The van der Waals surface area contributed by atoms with Crippen LogP contribution in [0.25, 0.3) is 0 Å². The highest BCUT2D eigenvalue weighted by molar-refractivity contribution is 7.89. The number of anilines is 1. The zero-order valence-corrected chi connectivity index (χ0v) is 19.3. The third-order valence-corrected chi connectivity index (χ3v) is 7.89. The number of hydrogen-bond acceptors (Lipinski definition) is 5. The number of carbonyl (C=O) groups excluding carboxylic acids is 1. The number of furan rings is 1. The fourth-order valence-corrected chi connectivity index (χ4v) is 5.97. The maximum atomic E-state index is 13.6. The number of amides is 1. The molecule has 2 aromatic rings. The molecule has 1 aromatic carbocycles. The Hall–Kier alpha value is -2.16. The van der Waals surface area contributed by atoms with Gasteiger partial charge in [-0.05, 0) is 93.2 Å². The van der Waals surface area contributed by atoms with Crippen LogP contribution in [0.1, 0.15) is 84.5 Å². The Morgan fingerprint density at radius 3 is 2.41 bits per heavy atom. The van der Waals surface area contributed by atoms with Crippen LogP contribution in [0, 0.1) is 11.8 Å². The molecule has 0 bridgehead atoms. The van der Waals surface area contributed by atoms with E-state index in [1.165, 1.54) is 45.1 Å². The van der Waals surface area contributed by atoms with Crippen molar-refractivity contribution in [2.75, 3.05) is 5.32 Å². The molecule has 2 fully saturated rings. The highest BCUT2D eigenvalue weighted by Gasteiger charge is 2.44. The smallest absolute Gasteiger partial charge is 0.272 e. The van der Waals surface area contributed by atoms with Crippen molar-refractivity contribution in [2.24, 2.45) is 17.0 Å². The third kappa shape index (κ3) is 3.89. The molecule has 2 saturated carbocycles. The molecule has 1 amide bonds. The standard InChI is InChI=1S/C24H30N2O5S/c1-24(2,28)18-12-31-23(32(25,29)30)20(18)22(27)26-21-16-5-3-4-13(16)10-11-17(21)19(14-6-7-14)15-8-9-15/h10-12,14-15,19,28H,3-9H2,1-2H3,(H,26,27)(H2,25,29,30). The molecule has 8 heteroatoms. The van der Waals surface area contributed by atoms with Gasteiger partial charge in [0.1, 0.15) is 5.56 Å². The van der Waals surface area contributed by atoms with Gasteiger partial charge in [0.2, 0.25) is 5.09 Å². The molecule has 3 aliphatic carbocycles. The summed E-state index contributed by atoms with van der Waals surface area (Å²) in [7, 11) is -4.29. The summed E-state index contributed by atoms with van der Waals surface area (Å²) in [6.45, 7) is 2.95. The van der Waals surface area contributed by atoms with E-state index < -0.39 is 26.6 Å². The highest BCUT2D eigenvalue weighted by atomic mass is 32.2. The van der Waals surface area contributed by atoms with E-state index in [1.54, 1.807) is 0 Å². The molecule has 0 saturated heterocycles. The molecule has 0 spiro atoms. The first-order valence-electron chi connectivity index (χ1n) is 11.4. The number of sulfonamides is 1. The maximum absolute atomic E-state index is 13.6. The Bertz CT molecular complexity index is 1170. The molecule has 4 N–H and O–H groups in total. The Balaban J connectivity index is 1.60. The SMILES string of the molecule is CC(C)(O)c1coc(S(N)(=O)=O)c1C(=O)Nc1c(C(C2CC2)C2CC2)ccc2c1CCC2. The van der Waals surface area contributed by atoms with E-state index in [2.05, 4.69) is 17.4 Å². The molecular formula is C24H30N2O5S. The summed E-state index contributed by atoms with van der Waals surface area (Å²) in [5.41, 5.74) is 2.74. The Morgan fingerprint density at radius 2 is 1.84 bits per heavy atom. The van der Waals surface area contributed by atoms with E-state index in [4.69, 9.17) is 9.56 Å². The topological polar surface area (TPSA) is 123 Å². The summed E-state index contributed by atoms with van der Waals surface area (Å²) in [6, 6.07) is 4.36. The minimum atomic E-state index is -4.29. The monoisotopic (exact) mass is 458 g/mol. The number of fused-ring (bicyclic) bond motifs is 1. The predicted molar refractivity (Wildman–Crippen MR) is 120 cm³/mol. The van der Waals surface area contributed by atoms with Crippen molar-refractivity contribution < 1.29 is 22.7 Å². The van der Waals surface area contributed by atoms with Crippen LogP contribution in [-0.2, 0) is 28.5 Å². The summed E-state index contributed by atoms with van der Waals surface area (Å²) in [5, 5.41) is 18.3. The van der Waals surface area contributed by atoms with Crippen molar-refractivity contribution in [3.05, 3.63) is 46.2 Å². The zero-order valence-electron chi connectivity index (χ0n) is 18.5. The van der Waals surface area contributed by atoms with Gasteiger partial charge in [-0.15, -0.1) is 0 Å². The molecule has 0 atom stereocenters. The van der Waals surface area contributed by atoms with Crippen LogP contribution in [-0.4, -0.2) is 19.4 Å². The van der Waals surface area contributed by atoms with Gasteiger partial charge in [-0.1, -0.05) is 12.1 Å². The van der Waals surface area contributed by atoms with Crippen molar-refractivity contribution in [2.45, 2.75) is 75.4 Å². The number of aryl methyl sites for hydroxylation is 1. The quantitative estimate of drug-likeness (QED) is 0.582. The molecular weight excluding hydrogens is 428 g/mol. The van der Waals surface area contributed by atoms with Crippen molar-refractivity contribution in [1.82, 2.24) is 0 Å². The summed E-state index contributed by atoms with van der Waals surface area (Å²) < 4.78 is 29.4. The average molecular weight is 459 g/mol. The van der Waals surface area contributed by atoms with E-state index >= 15 is 0 Å². The van der Waals surface area contributed by atoms with Crippen LogP contribution in [0.5, 0.6) is 0 Å². The number of nitrogens with two attached hydrogens (primary N) is 1. The van der Waals surface area contributed by atoms with Crippen LogP contribution < -0.4 is 10.5 Å². The van der Waals surface area contributed by atoms with Crippen LogP contribution in [0.15, 0.2) is 27.9 Å². The average Bonchev–Trinajstić information content (AvgIpc) is 3.60. The lowest BCUT2D eigenvalue weighted by Gasteiger charge is -2.24. The lowest BCUT2D eigenvalue weighted by molar-refractivity contribution is 0.0754. The van der Waals surface area contributed by atoms with Gasteiger partial charge < -0.3 is 14.8 Å². The minimum Gasteiger partial charge on any atom is -0.451 e. The fourth-order valence-electron chi connectivity index (χ4n) is 5.30. The number of nitrogens with one attached hydrogen (secondary N) is 1. The largest absolute Gasteiger partial charge is 0.451 e. The lowest BCUT2D eigenvalue weighted by atomic mass is 9.86. The van der Waals surface area contributed by atoms with Gasteiger partial charge in [-0.25, -0.2) is 13.6 Å². The van der Waals surface area contributed by atoms with Crippen molar-refractivity contribution in [3.63, 3.8) is 0 Å².